The molecule has 8 heteroatoms. The maximum atomic E-state index is 12.7. The number of carboxylic acids is 1. The molecule has 0 bridgehead atoms. The van der Waals surface area contributed by atoms with E-state index in [2.05, 4.69) is 9.88 Å². The number of ether oxygens (including phenoxy) is 1. The van der Waals surface area contributed by atoms with Crippen LogP contribution in [0.15, 0.2) is 24.4 Å². The Morgan fingerprint density at radius 1 is 1.06 bits per heavy atom. The molecule has 0 spiro atoms. The lowest BCUT2D eigenvalue weighted by Crippen LogP contribution is -2.52. The van der Waals surface area contributed by atoms with Gasteiger partial charge in [-0.25, -0.2) is 0 Å². The Hall–Kier alpha value is -2.58. The molecule has 1 aromatic carbocycles. The SMILES string of the molecule is COc1ccc2[nH]cc([C@@H](C(=O)O)N3CCN(CC(=O)N4CCCCCC4)CC3)c2c1. The van der Waals surface area contributed by atoms with E-state index in [9.17, 15) is 14.7 Å². The summed E-state index contributed by atoms with van der Waals surface area (Å²) in [5.74, 6) is 0.0426. The minimum atomic E-state index is -0.863. The number of aromatic amines is 1. The summed E-state index contributed by atoms with van der Waals surface area (Å²) in [6.45, 7) is 4.76. The molecular formula is C23H32N4O4. The molecule has 1 aromatic heterocycles. The average molecular weight is 429 g/mol. The summed E-state index contributed by atoms with van der Waals surface area (Å²) in [4.78, 5) is 34.3. The van der Waals surface area contributed by atoms with Crippen LogP contribution in [0.2, 0.25) is 0 Å². The third kappa shape index (κ3) is 4.85. The van der Waals surface area contributed by atoms with Gasteiger partial charge in [-0.15, -0.1) is 0 Å². The number of carbonyl (C=O) groups excluding carboxylic acids is 1. The highest BCUT2D eigenvalue weighted by atomic mass is 16.5. The molecule has 1 atom stereocenters. The van der Waals surface area contributed by atoms with Gasteiger partial charge in [0, 0.05) is 61.9 Å². The number of hydrogen-bond donors (Lipinski definition) is 2. The second-order valence-electron chi connectivity index (χ2n) is 8.50. The van der Waals surface area contributed by atoms with E-state index in [0.29, 0.717) is 38.5 Å². The number of nitrogens with zero attached hydrogens (tertiary/aromatic N) is 3. The predicted molar refractivity (Wildman–Crippen MR) is 118 cm³/mol. The number of nitrogens with one attached hydrogen (secondary N) is 1. The van der Waals surface area contributed by atoms with Crippen molar-refractivity contribution in [1.29, 1.82) is 0 Å². The van der Waals surface area contributed by atoms with Gasteiger partial charge >= 0.3 is 5.97 Å². The number of benzene rings is 1. The van der Waals surface area contributed by atoms with Crippen LogP contribution >= 0.6 is 0 Å². The number of methoxy groups -OCH3 is 1. The van der Waals surface area contributed by atoms with Crippen LogP contribution in [0.3, 0.4) is 0 Å². The van der Waals surface area contributed by atoms with E-state index in [1.807, 2.05) is 28.0 Å². The fourth-order valence-electron chi connectivity index (χ4n) is 4.75. The normalized spacial score (nSPS) is 19.8. The molecule has 1 amide bonds. The summed E-state index contributed by atoms with van der Waals surface area (Å²) in [6.07, 6.45) is 6.39. The van der Waals surface area contributed by atoms with E-state index in [0.717, 1.165) is 42.4 Å². The van der Waals surface area contributed by atoms with E-state index in [1.54, 1.807) is 13.3 Å². The fourth-order valence-corrected chi connectivity index (χ4v) is 4.75. The highest BCUT2D eigenvalue weighted by molar-refractivity contribution is 5.90. The number of hydrogen-bond acceptors (Lipinski definition) is 5. The highest BCUT2D eigenvalue weighted by Crippen LogP contribution is 2.31. The van der Waals surface area contributed by atoms with E-state index >= 15 is 0 Å². The van der Waals surface area contributed by atoms with Crippen molar-refractivity contribution in [3.05, 3.63) is 30.0 Å². The summed E-state index contributed by atoms with van der Waals surface area (Å²) in [7, 11) is 1.61. The maximum Gasteiger partial charge on any atom is 0.325 e. The van der Waals surface area contributed by atoms with Crippen molar-refractivity contribution in [3.8, 4) is 5.75 Å². The average Bonchev–Trinajstić information content (AvgIpc) is 2.98. The van der Waals surface area contributed by atoms with Crippen molar-refractivity contribution < 1.29 is 19.4 Å². The smallest absolute Gasteiger partial charge is 0.325 e. The molecule has 168 valence electrons. The number of carboxylic acid groups (broad SMARTS) is 1. The third-order valence-corrected chi connectivity index (χ3v) is 6.54. The van der Waals surface area contributed by atoms with Crippen molar-refractivity contribution in [2.24, 2.45) is 0 Å². The first-order valence-corrected chi connectivity index (χ1v) is 11.2. The van der Waals surface area contributed by atoms with Gasteiger partial charge in [-0.2, -0.15) is 0 Å². The van der Waals surface area contributed by atoms with Gasteiger partial charge in [-0.3, -0.25) is 19.4 Å². The predicted octanol–water partition coefficient (Wildman–Crippen LogP) is 2.32. The molecule has 2 fully saturated rings. The van der Waals surface area contributed by atoms with Gasteiger partial charge in [0.2, 0.25) is 5.91 Å². The molecule has 4 rings (SSSR count). The standard InChI is InChI=1S/C23H32N4O4/c1-31-17-6-7-20-18(14-17)19(15-24-20)22(23(29)30)27-12-10-25(11-13-27)16-21(28)26-8-4-2-3-5-9-26/h6-7,14-15,22,24H,2-5,8-13,16H2,1H3,(H,29,30)/t22-/m0/s1. The molecule has 0 unspecified atom stereocenters. The minimum Gasteiger partial charge on any atom is -0.497 e. The van der Waals surface area contributed by atoms with Crippen molar-refractivity contribution in [2.45, 2.75) is 31.7 Å². The Kier molecular flexibility index (Phi) is 6.77. The van der Waals surface area contributed by atoms with Gasteiger partial charge in [0.15, 0.2) is 0 Å². The summed E-state index contributed by atoms with van der Waals surface area (Å²) in [6, 6.07) is 4.92. The van der Waals surface area contributed by atoms with Gasteiger partial charge in [0.1, 0.15) is 11.8 Å². The van der Waals surface area contributed by atoms with Gasteiger partial charge < -0.3 is 19.7 Å². The molecule has 0 aliphatic carbocycles. The number of H-pyrrole nitrogens is 1. The Morgan fingerprint density at radius 2 is 1.77 bits per heavy atom. The molecule has 0 saturated carbocycles. The molecular weight excluding hydrogens is 396 g/mol. The first-order valence-electron chi connectivity index (χ1n) is 11.2. The van der Waals surface area contributed by atoms with Crippen LogP contribution in [-0.2, 0) is 9.59 Å². The van der Waals surface area contributed by atoms with Crippen LogP contribution in [0.4, 0.5) is 0 Å². The number of fused-ring (bicyclic) bond motifs is 1. The Balaban J connectivity index is 1.41. The van der Waals surface area contributed by atoms with E-state index < -0.39 is 12.0 Å². The van der Waals surface area contributed by atoms with Crippen molar-refractivity contribution in [3.63, 3.8) is 0 Å². The second kappa shape index (κ2) is 9.70. The number of carbonyl (C=O) groups is 2. The molecule has 2 aliphatic rings. The lowest BCUT2D eigenvalue weighted by atomic mass is 10.0. The molecule has 2 aliphatic heterocycles. The van der Waals surface area contributed by atoms with Crippen molar-refractivity contribution in [1.82, 2.24) is 19.7 Å². The molecule has 8 nitrogen and oxygen atoms in total. The summed E-state index contributed by atoms with van der Waals surface area (Å²) < 4.78 is 5.32. The number of aromatic nitrogens is 1. The molecule has 2 saturated heterocycles. The van der Waals surface area contributed by atoms with Crippen LogP contribution < -0.4 is 4.74 Å². The summed E-state index contributed by atoms with van der Waals surface area (Å²) in [5.41, 5.74) is 1.64. The molecule has 3 heterocycles. The van der Waals surface area contributed by atoms with Crippen LogP contribution in [0.1, 0.15) is 37.3 Å². The van der Waals surface area contributed by atoms with Crippen LogP contribution in [0.25, 0.3) is 10.9 Å². The number of aliphatic carboxylic acids is 1. The Morgan fingerprint density at radius 3 is 2.42 bits per heavy atom. The fraction of sp³-hybridized carbons (Fsp3) is 0.565. The van der Waals surface area contributed by atoms with Gasteiger partial charge in [-0.1, -0.05) is 12.8 Å². The molecule has 2 aromatic rings. The summed E-state index contributed by atoms with van der Waals surface area (Å²) in [5, 5.41) is 10.9. The quantitative estimate of drug-likeness (QED) is 0.734. The van der Waals surface area contributed by atoms with E-state index in [4.69, 9.17) is 4.74 Å². The zero-order valence-corrected chi connectivity index (χ0v) is 18.2. The number of likely N-dealkylation sites (tertiary alicyclic amines) is 1. The lowest BCUT2D eigenvalue weighted by Gasteiger charge is -2.38. The van der Waals surface area contributed by atoms with Gasteiger partial charge in [0.05, 0.1) is 13.7 Å². The minimum absolute atomic E-state index is 0.203. The van der Waals surface area contributed by atoms with Crippen LogP contribution in [-0.4, -0.2) is 89.6 Å². The van der Waals surface area contributed by atoms with Crippen LogP contribution in [0.5, 0.6) is 5.75 Å². The zero-order valence-electron chi connectivity index (χ0n) is 18.2. The topological polar surface area (TPSA) is 89.1 Å². The monoisotopic (exact) mass is 428 g/mol. The van der Waals surface area contributed by atoms with Crippen molar-refractivity contribution in [2.75, 3.05) is 52.9 Å². The maximum absolute atomic E-state index is 12.7. The Labute approximate surface area is 182 Å². The third-order valence-electron chi connectivity index (χ3n) is 6.54. The first-order chi connectivity index (χ1) is 15.1. The lowest BCUT2D eigenvalue weighted by molar-refractivity contribution is -0.145. The number of amides is 1. The van der Waals surface area contributed by atoms with Crippen molar-refractivity contribution >= 4 is 22.8 Å². The summed E-state index contributed by atoms with van der Waals surface area (Å²) >= 11 is 0. The highest BCUT2D eigenvalue weighted by Gasteiger charge is 2.33. The largest absolute Gasteiger partial charge is 0.497 e. The van der Waals surface area contributed by atoms with E-state index in [1.165, 1.54) is 12.8 Å². The van der Waals surface area contributed by atoms with Gasteiger partial charge in [-0.05, 0) is 31.0 Å². The number of rotatable bonds is 6. The number of piperazine rings is 1. The molecule has 0 radical (unpaired) electrons. The van der Waals surface area contributed by atoms with E-state index in [-0.39, 0.29) is 5.91 Å². The van der Waals surface area contributed by atoms with Crippen LogP contribution in [0, 0.1) is 0 Å². The molecule has 2 N–H and O–H groups in total. The Bertz CT molecular complexity index is 911. The second-order valence-corrected chi connectivity index (χ2v) is 8.50. The van der Waals surface area contributed by atoms with Gasteiger partial charge in [0.25, 0.3) is 0 Å². The molecule has 31 heavy (non-hydrogen) atoms. The zero-order chi connectivity index (χ0) is 21.8. The first kappa shape index (κ1) is 21.6.